The van der Waals surface area contributed by atoms with Gasteiger partial charge in [0.15, 0.2) is 17.1 Å². The highest BCUT2D eigenvalue weighted by Gasteiger charge is 2.45. The molecule has 1 unspecified atom stereocenters. The van der Waals surface area contributed by atoms with Gasteiger partial charge in [0.2, 0.25) is 6.79 Å². The highest BCUT2D eigenvalue weighted by Crippen LogP contribution is 2.43. The first-order valence-corrected chi connectivity index (χ1v) is 13.6. The summed E-state index contributed by atoms with van der Waals surface area (Å²) in [7, 11) is 0. The Balaban J connectivity index is 1.41. The minimum atomic E-state index is -1.85. The summed E-state index contributed by atoms with van der Waals surface area (Å²) in [6, 6.07) is 6.24. The van der Waals surface area contributed by atoms with Crippen molar-refractivity contribution in [2.75, 3.05) is 19.9 Å². The Morgan fingerprint density at radius 1 is 1.11 bits per heavy atom. The van der Waals surface area contributed by atoms with Crippen LogP contribution in [0, 0.1) is 0 Å². The van der Waals surface area contributed by atoms with Gasteiger partial charge in [0.1, 0.15) is 6.61 Å². The van der Waals surface area contributed by atoms with Gasteiger partial charge in [-0.15, -0.1) is 0 Å². The van der Waals surface area contributed by atoms with E-state index in [1.54, 1.807) is 17.6 Å². The summed E-state index contributed by atoms with van der Waals surface area (Å²) >= 11 is 0. The van der Waals surface area contributed by atoms with Crippen molar-refractivity contribution in [3.63, 3.8) is 0 Å². The lowest BCUT2D eigenvalue weighted by molar-refractivity contribution is -0.172. The monoisotopic (exact) mass is 517 g/mol. The number of likely N-dealkylation sites (tertiary alicyclic amines) is 1. The third-order valence-electron chi connectivity index (χ3n) is 8.89. The molecule has 1 saturated heterocycles. The van der Waals surface area contributed by atoms with Crippen LogP contribution in [0.5, 0.6) is 11.5 Å². The molecule has 198 valence electrons. The number of esters is 1. The number of carbonyl (C=O) groups is 1. The predicted octanol–water partition coefficient (Wildman–Crippen LogP) is 3.23. The molecule has 0 spiro atoms. The highest BCUT2D eigenvalue weighted by molar-refractivity contribution is 5.91. The minimum Gasteiger partial charge on any atom is -0.458 e. The smallest absolute Gasteiger partial charge is 0.343 e. The van der Waals surface area contributed by atoms with Crippen LogP contribution in [0.4, 0.5) is 0 Å². The number of pyridine rings is 2. The van der Waals surface area contributed by atoms with Crippen LogP contribution < -0.4 is 15.0 Å². The Kier molecular flexibility index (Phi) is 5.32. The number of hydrogen-bond donors (Lipinski definition) is 1. The molecule has 4 aliphatic rings. The maximum Gasteiger partial charge on any atom is 0.343 e. The van der Waals surface area contributed by atoms with E-state index >= 15 is 0 Å². The van der Waals surface area contributed by atoms with E-state index in [9.17, 15) is 14.7 Å². The van der Waals surface area contributed by atoms with Gasteiger partial charge in [0.05, 0.1) is 29.0 Å². The molecule has 38 heavy (non-hydrogen) atoms. The summed E-state index contributed by atoms with van der Waals surface area (Å²) in [6.45, 7) is 6.45. The number of nitrogens with zero attached hydrogens (tertiary/aromatic N) is 3. The molecule has 0 radical (unpaired) electrons. The number of ether oxygens (including phenoxy) is 3. The van der Waals surface area contributed by atoms with Crippen molar-refractivity contribution in [2.45, 2.75) is 70.7 Å². The van der Waals surface area contributed by atoms with E-state index in [1.165, 1.54) is 19.3 Å². The molecule has 0 bridgehead atoms. The molecule has 0 saturated carbocycles. The quantitative estimate of drug-likeness (QED) is 0.412. The van der Waals surface area contributed by atoms with Crippen LogP contribution in [-0.2, 0) is 34.7 Å². The predicted molar refractivity (Wildman–Crippen MR) is 139 cm³/mol. The highest BCUT2D eigenvalue weighted by atomic mass is 16.7. The minimum absolute atomic E-state index is 0.114. The van der Waals surface area contributed by atoms with E-state index in [4.69, 9.17) is 19.2 Å². The first-order chi connectivity index (χ1) is 18.4. The molecule has 7 rings (SSSR count). The van der Waals surface area contributed by atoms with Crippen LogP contribution in [0.2, 0.25) is 0 Å². The third-order valence-corrected chi connectivity index (χ3v) is 8.89. The van der Waals surface area contributed by atoms with E-state index in [0.717, 1.165) is 47.2 Å². The van der Waals surface area contributed by atoms with Crippen LogP contribution in [0.3, 0.4) is 0 Å². The average molecular weight is 518 g/mol. The molecule has 6 heterocycles. The van der Waals surface area contributed by atoms with Gasteiger partial charge in [-0.2, -0.15) is 0 Å². The van der Waals surface area contributed by atoms with E-state index in [0.29, 0.717) is 40.9 Å². The largest absolute Gasteiger partial charge is 0.458 e. The lowest BCUT2D eigenvalue weighted by Crippen LogP contribution is -2.44. The van der Waals surface area contributed by atoms with Gasteiger partial charge >= 0.3 is 5.97 Å². The zero-order chi connectivity index (χ0) is 26.2. The topological polar surface area (TPSA) is 103 Å². The molecule has 0 amide bonds. The number of carbonyl (C=O) groups excluding carboxylic acids is 1. The molecule has 1 N–H and O–H groups in total. The van der Waals surface area contributed by atoms with E-state index in [1.807, 2.05) is 12.1 Å². The standard InChI is InChI=1S/C29H31N3O6/c1-3-29(35)21-11-23-26-19(13-32(23)27(33)20(21)14-36-28(29)34)17(7-9-31-8-5-4-6-16(31)2)18-10-24-25(38-15-37-24)12-22(18)30-26/h10-12,16,35H,3-9,13-15H2,1-2H3/t16?,29-/m0/s1. The molecule has 3 aromatic rings. The zero-order valence-corrected chi connectivity index (χ0v) is 21.7. The second kappa shape index (κ2) is 8.54. The number of rotatable bonds is 4. The van der Waals surface area contributed by atoms with Crippen molar-refractivity contribution in [2.24, 2.45) is 0 Å². The summed E-state index contributed by atoms with van der Waals surface area (Å²) < 4.78 is 18.3. The molecule has 2 atom stereocenters. The molecule has 9 nitrogen and oxygen atoms in total. The molecule has 2 aromatic heterocycles. The molecule has 9 heteroatoms. The fourth-order valence-corrected chi connectivity index (χ4v) is 6.58. The number of piperidine rings is 1. The first kappa shape index (κ1) is 23.7. The molecular weight excluding hydrogens is 486 g/mol. The lowest BCUT2D eigenvalue weighted by atomic mass is 9.86. The maximum absolute atomic E-state index is 13.7. The second-order valence-corrected chi connectivity index (χ2v) is 10.9. The molecule has 1 fully saturated rings. The number of benzene rings is 1. The van der Waals surface area contributed by atoms with E-state index in [2.05, 4.69) is 11.8 Å². The Morgan fingerprint density at radius 3 is 2.71 bits per heavy atom. The number of fused-ring (bicyclic) bond motifs is 6. The number of aliphatic hydroxyl groups is 1. The summed E-state index contributed by atoms with van der Waals surface area (Å²) in [5, 5.41) is 12.2. The van der Waals surface area contributed by atoms with Gasteiger partial charge in [-0.1, -0.05) is 13.3 Å². The van der Waals surface area contributed by atoms with Crippen molar-refractivity contribution in [3.8, 4) is 22.9 Å². The Morgan fingerprint density at radius 2 is 1.92 bits per heavy atom. The molecular formula is C29H31N3O6. The number of hydrogen-bond acceptors (Lipinski definition) is 8. The van der Waals surface area contributed by atoms with E-state index in [-0.39, 0.29) is 25.4 Å². The SMILES string of the molecule is CC[C@@]1(O)C(=O)OCc2c1cc1n(c2=O)Cc2c-1nc1cc3c(cc1c2CCN1CCCCC1C)OCO3. The van der Waals surface area contributed by atoms with Crippen LogP contribution in [0.15, 0.2) is 23.0 Å². The molecule has 0 aliphatic carbocycles. The van der Waals surface area contributed by atoms with Crippen molar-refractivity contribution in [1.29, 1.82) is 0 Å². The Bertz CT molecular complexity index is 1560. The maximum atomic E-state index is 13.7. The summed E-state index contributed by atoms with van der Waals surface area (Å²) in [6.07, 6.45) is 4.62. The van der Waals surface area contributed by atoms with E-state index < -0.39 is 11.6 Å². The number of cyclic esters (lactones) is 1. The lowest BCUT2D eigenvalue weighted by Gasteiger charge is -2.33. The van der Waals surface area contributed by atoms with Crippen molar-refractivity contribution < 1.29 is 24.1 Å². The summed E-state index contributed by atoms with van der Waals surface area (Å²) in [5.41, 5.74) is 2.85. The first-order valence-electron chi connectivity index (χ1n) is 13.6. The van der Waals surface area contributed by atoms with Gasteiger partial charge in [-0.25, -0.2) is 9.78 Å². The molecule has 4 aliphatic heterocycles. The van der Waals surface area contributed by atoms with Gasteiger partial charge < -0.3 is 28.8 Å². The average Bonchev–Trinajstić information content (AvgIpc) is 3.53. The van der Waals surface area contributed by atoms with Gasteiger partial charge in [0, 0.05) is 35.2 Å². The number of aromatic nitrogens is 2. The zero-order valence-electron chi connectivity index (χ0n) is 21.7. The van der Waals surface area contributed by atoms with Crippen LogP contribution >= 0.6 is 0 Å². The van der Waals surface area contributed by atoms with Gasteiger partial charge in [0.25, 0.3) is 5.56 Å². The third kappa shape index (κ3) is 3.34. The van der Waals surface area contributed by atoms with Crippen LogP contribution in [0.1, 0.15) is 61.8 Å². The second-order valence-electron chi connectivity index (χ2n) is 10.9. The molecule has 1 aromatic carbocycles. The van der Waals surface area contributed by atoms with Crippen LogP contribution in [0.25, 0.3) is 22.3 Å². The van der Waals surface area contributed by atoms with Gasteiger partial charge in [-0.05, 0) is 56.8 Å². The fourth-order valence-electron chi connectivity index (χ4n) is 6.58. The Hall–Kier alpha value is -3.43. The van der Waals surface area contributed by atoms with Crippen molar-refractivity contribution in [1.82, 2.24) is 14.5 Å². The van der Waals surface area contributed by atoms with Crippen molar-refractivity contribution >= 4 is 16.9 Å². The van der Waals surface area contributed by atoms with Gasteiger partial charge in [-0.3, -0.25) is 4.79 Å². The summed E-state index contributed by atoms with van der Waals surface area (Å²) in [5.74, 6) is 0.647. The van der Waals surface area contributed by atoms with Crippen molar-refractivity contribution in [3.05, 3.63) is 50.8 Å². The normalized spacial score (nSPS) is 23.8. The Labute approximate surface area is 219 Å². The summed E-state index contributed by atoms with van der Waals surface area (Å²) in [4.78, 5) is 33.8. The fraction of sp³-hybridized carbons (Fsp3) is 0.483. The van der Waals surface area contributed by atoms with Crippen LogP contribution in [-0.4, -0.2) is 51.5 Å².